The van der Waals surface area contributed by atoms with Gasteiger partial charge in [-0.1, -0.05) is 60.2 Å². The number of carbonyl (C=O) groups is 2. The number of aliphatic hydroxyl groups is 1. The number of methoxy groups -OCH3 is 1. The lowest BCUT2D eigenvalue weighted by Gasteiger charge is -2.25. The Hall–Kier alpha value is -3.86. The molecule has 30 heavy (non-hydrogen) atoms. The highest BCUT2D eigenvalue weighted by atomic mass is 16.5. The third-order valence-corrected chi connectivity index (χ3v) is 5.24. The van der Waals surface area contributed by atoms with Crippen LogP contribution in [0.1, 0.15) is 22.7 Å². The Morgan fingerprint density at radius 3 is 2.13 bits per heavy atom. The maximum atomic E-state index is 13.0. The predicted molar refractivity (Wildman–Crippen MR) is 115 cm³/mol. The maximum Gasteiger partial charge on any atom is 0.300 e. The maximum absolute atomic E-state index is 13.0. The number of anilines is 1. The van der Waals surface area contributed by atoms with Crippen LogP contribution in [0.15, 0.2) is 84.4 Å². The SMILES string of the molecule is COc1ccc([C@H]2/C(=C(\O)c3ccc(C)cc3)C(=O)C(=O)N2c2ccccc2)cc1. The molecule has 0 aromatic heterocycles. The number of aliphatic hydroxyl groups excluding tert-OH is 1. The van der Waals surface area contributed by atoms with Gasteiger partial charge in [-0.2, -0.15) is 0 Å². The molecule has 0 saturated carbocycles. The number of ether oxygens (including phenoxy) is 1. The van der Waals surface area contributed by atoms with Crippen LogP contribution in [0.5, 0.6) is 5.75 Å². The lowest BCUT2D eigenvalue weighted by Crippen LogP contribution is -2.29. The number of hydrogen-bond acceptors (Lipinski definition) is 4. The van der Waals surface area contributed by atoms with Gasteiger partial charge < -0.3 is 9.84 Å². The van der Waals surface area contributed by atoms with Crippen molar-refractivity contribution in [1.29, 1.82) is 0 Å². The highest BCUT2D eigenvalue weighted by molar-refractivity contribution is 6.51. The number of Topliss-reactive ketones (excluding diaryl/α,β-unsaturated/α-hetero) is 1. The molecule has 1 aliphatic rings. The second-order valence-corrected chi connectivity index (χ2v) is 7.14. The summed E-state index contributed by atoms with van der Waals surface area (Å²) in [6.45, 7) is 1.94. The second kappa shape index (κ2) is 7.87. The Labute approximate surface area is 174 Å². The van der Waals surface area contributed by atoms with Crippen molar-refractivity contribution in [2.75, 3.05) is 12.0 Å². The molecule has 1 amide bonds. The first kappa shape index (κ1) is 19.5. The van der Waals surface area contributed by atoms with Crippen LogP contribution in [0.25, 0.3) is 5.76 Å². The zero-order valence-electron chi connectivity index (χ0n) is 16.7. The molecule has 3 aromatic carbocycles. The van der Waals surface area contributed by atoms with Crippen LogP contribution in [0.2, 0.25) is 0 Å². The van der Waals surface area contributed by atoms with Crippen LogP contribution in [-0.4, -0.2) is 23.9 Å². The van der Waals surface area contributed by atoms with Crippen molar-refractivity contribution in [2.45, 2.75) is 13.0 Å². The number of carbonyl (C=O) groups excluding carboxylic acids is 2. The third kappa shape index (κ3) is 3.35. The van der Waals surface area contributed by atoms with E-state index >= 15 is 0 Å². The molecule has 0 spiro atoms. The van der Waals surface area contributed by atoms with Crippen molar-refractivity contribution < 1.29 is 19.4 Å². The predicted octanol–water partition coefficient (Wildman–Crippen LogP) is 4.63. The topological polar surface area (TPSA) is 66.8 Å². The zero-order valence-corrected chi connectivity index (χ0v) is 16.7. The largest absolute Gasteiger partial charge is 0.507 e. The van der Waals surface area contributed by atoms with E-state index in [4.69, 9.17) is 4.74 Å². The summed E-state index contributed by atoms with van der Waals surface area (Å²) in [6.07, 6.45) is 0. The molecule has 4 rings (SSSR count). The number of benzene rings is 3. The Bertz CT molecular complexity index is 1120. The van der Waals surface area contributed by atoms with Gasteiger partial charge in [0.15, 0.2) is 0 Å². The van der Waals surface area contributed by atoms with E-state index < -0.39 is 17.7 Å². The Morgan fingerprint density at radius 2 is 1.53 bits per heavy atom. The molecule has 1 aliphatic heterocycles. The molecule has 3 aromatic rings. The van der Waals surface area contributed by atoms with Gasteiger partial charge in [0.1, 0.15) is 11.5 Å². The molecule has 5 heteroatoms. The van der Waals surface area contributed by atoms with E-state index in [1.807, 2.05) is 25.1 Å². The van der Waals surface area contributed by atoms with Crippen molar-refractivity contribution in [3.8, 4) is 5.75 Å². The van der Waals surface area contributed by atoms with Crippen molar-refractivity contribution >= 4 is 23.1 Å². The number of amides is 1. The average Bonchev–Trinajstić information content (AvgIpc) is 3.05. The third-order valence-electron chi connectivity index (χ3n) is 5.24. The van der Waals surface area contributed by atoms with Crippen molar-refractivity contribution in [3.05, 3.63) is 101 Å². The van der Waals surface area contributed by atoms with E-state index in [0.29, 0.717) is 22.6 Å². The van der Waals surface area contributed by atoms with Gasteiger partial charge in [0.25, 0.3) is 11.7 Å². The highest BCUT2D eigenvalue weighted by Crippen LogP contribution is 2.42. The molecule has 5 nitrogen and oxygen atoms in total. The fourth-order valence-electron chi connectivity index (χ4n) is 3.66. The normalized spacial score (nSPS) is 17.9. The summed E-state index contributed by atoms with van der Waals surface area (Å²) in [5.41, 5.74) is 2.88. The quantitative estimate of drug-likeness (QED) is 0.395. The summed E-state index contributed by atoms with van der Waals surface area (Å²) in [5.74, 6) is -0.907. The van der Waals surface area contributed by atoms with Gasteiger partial charge in [0, 0.05) is 11.3 Å². The molecule has 0 radical (unpaired) electrons. The fourth-order valence-corrected chi connectivity index (χ4v) is 3.66. The molecule has 1 fully saturated rings. The summed E-state index contributed by atoms with van der Waals surface area (Å²) in [5, 5.41) is 11.1. The first-order valence-electron chi connectivity index (χ1n) is 9.58. The number of nitrogens with zero attached hydrogens (tertiary/aromatic N) is 1. The fraction of sp³-hybridized carbons (Fsp3) is 0.120. The summed E-state index contributed by atoms with van der Waals surface area (Å²) in [7, 11) is 1.57. The standard InChI is InChI=1S/C25H21NO4/c1-16-8-10-18(11-9-16)23(27)21-22(17-12-14-20(30-2)15-13-17)26(25(29)24(21)28)19-6-4-3-5-7-19/h3-15,22,27H,1-2H3/b23-21+/t22-/m0/s1. The summed E-state index contributed by atoms with van der Waals surface area (Å²) >= 11 is 0. The van der Waals surface area contributed by atoms with Gasteiger partial charge in [0.2, 0.25) is 0 Å². The van der Waals surface area contributed by atoms with E-state index in [0.717, 1.165) is 5.56 Å². The molecular formula is C25H21NO4. The van der Waals surface area contributed by atoms with E-state index in [1.165, 1.54) is 4.90 Å². The van der Waals surface area contributed by atoms with E-state index in [1.54, 1.807) is 67.8 Å². The number of aryl methyl sites for hydroxylation is 1. The number of rotatable bonds is 4. The van der Waals surface area contributed by atoms with Crippen molar-refractivity contribution in [2.24, 2.45) is 0 Å². The number of ketones is 1. The van der Waals surface area contributed by atoms with Gasteiger partial charge in [-0.05, 0) is 36.8 Å². The van der Waals surface area contributed by atoms with E-state index in [-0.39, 0.29) is 11.3 Å². The lowest BCUT2D eigenvalue weighted by molar-refractivity contribution is -0.132. The minimum absolute atomic E-state index is 0.0675. The van der Waals surface area contributed by atoms with Gasteiger partial charge >= 0.3 is 0 Å². The molecule has 1 atom stereocenters. The van der Waals surface area contributed by atoms with Crippen LogP contribution in [-0.2, 0) is 9.59 Å². The molecule has 1 heterocycles. The zero-order chi connectivity index (χ0) is 21.3. The van der Waals surface area contributed by atoms with Gasteiger partial charge in [-0.3, -0.25) is 14.5 Å². The second-order valence-electron chi connectivity index (χ2n) is 7.14. The summed E-state index contributed by atoms with van der Waals surface area (Å²) in [6, 6.07) is 22.6. The van der Waals surface area contributed by atoms with Crippen molar-refractivity contribution in [1.82, 2.24) is 0 Å². The van der Waals surface area contributed by atoms with Crippen LogP contribution in [0.4, 0.5) is 5.69 Å². The molecule has 0 unspecified atom stereocenters. The van der Waals surface area contributed by atoms with Gasteiger partial charge in [-0.15, -0.1) is 0 Å². The Kier molecular flexibility index (Phi) is 5.11. The first-order valence-corrected chi connectivity index (χ1v) is 9.58. The average molecular weight is 399 g/mol. The van der Waals surface area contributed by atoms with Crippen molar-refractivity contribution in [3.63, 3.8) is 0 Å². The minimum Gasteiger partial charge on any atom is -0.507 e. The molecule has 0 bridgehead atoms. The molecule has 1 saturated heterocycles. The van der Waals surface area contributed by atoms with Crippen LogP contribution >= 0.6 is 0 Å². The van der Waals surface area contributed by atoms with Gasteiger partial charge in [0.05, 0.1) is 18.7 Å². The monoisotopic (exact) mass is 399 g/mol. The Balaban J connectivity index is 1.92. The van der Waals surface area contributed by atoms with Crippen LogP contribution in [0, 0.1) is 6.92 Å². The molecule has 150 valence electrons. The molecule has 1 N–H and O–H groups in total. The minimum atomic E-state index is -0.750. The van der Waals surface area contributed by atoms with Crippen LogP contribution < -0.4 is 9.64 Å². The smallest absolute Gasteiger partial charge is 0.300 e. The Morgan fingerprint density at radius 1 is 0.900 bits per heavy atom. The molecule has 0 aliphatic carbocycles. The number of para-hydroxylation sites is 1. The number of hydrogen-bond donors (Lipinski definition) is 1. The molecular weight excluding hydrogens is 378 g/mol. The van der Waals surface area contributed by atoms with Crippen LogP contribution in [0.3, 0.4) is 0 Å². The van der Waals surface area contributed by atoms with E-state index in [2.05, 4.69) is 0 Å². The highest BCUT2D eigenvalue weighted by Gasteiger charge is 2.46. The van der Waals surface area contributed by atoms with Gasteiger partial charge in [-0.25, -0.2) is 0 Å². The first-order chi connectivity index (χ1) is 14.5. The summed E-state index contributed by atoms with van der Waals surface area (Å²) < 4.78 is 5.23. The summed E-state index contributed by atoms with van der Waals surface area (Å²) in [4.78, 5) is 27.5. The van der Waals surface area contributed by atoms with E-state index in [9.17, 15) is 14.7 Å². The lowest BCUT2D eigenvalue weighted by atomic mass is 9.95.